The third-order valence-electron chi connectivity index (χ3n) is 3.86. The number of rotatable bonds is 5. The van der Waals surface area contributed by atoms with Gasteiger partial charge in [-0.25, -0.2) is 9.37 Å². The van der Waals surface area contributed by atoms with Crippen LogP contribution in [0.15, 0.2) is 45.4 Å². The highest BCUT2D eigenvalue weighted by Crippen LogP contribution is 2.23. The molecule has 0 unspecified atom stereocenters. The average Bonchev–Trinajstić information content (AvgIpc) is 3.24. The van der Waals surface area contributed by atoms with Crippen LogP contribution in [0.4, 0.5) is 4.39 Å². The topological polar surface area (TPSA) is 97.4 Å². The molecule has 1 aromatic carbocycles. The Hall–Kier alpha value is -3.42. The number of carbonyl (C=O) groups is 2. The van der Waals surface area contributed by atoms with Crippen molar-refractivity contribution in [2.45, 2.75) is 26.7 Å². The number of aromatic nitrogens is 1. The molecule has 2 heterocycles. The van der Waals surface area contributed by atoms with E-state index in [0.717, 1.165) is 0 Å². The number of nitrogens with one attached hydrogen (secondary N) is 2. The summed E-state index contributed by atoms with van der Waals surface area (Å²) in [6.45, 7) is 3.40. The first-order chi connectivity index (χ1) is 12.9. The third-order valence-corrected chi connectivity index (χ3v) is 3.86. The number of hydrazine groups is 1. The molecule has 7 nitrogen and oxygen atoms in total. The lowest BCUT2D eigenvalue weighted by atomic mass is 10.2. The number of amides is 2. The first-order valence-electron chi connectivity index (χ1n) is 8.30. The van der Waals surface area contributed by atoms with Gasteiger partial charge in [-0.2, -0.15) is 0 Å². The van der Waals surface area contributed by atoms with Gasteiger partial charge in [0.2, 0.25) is 5.91 Å². The van der Waals surface area contributed by atoms with Crippen molar-refractivity contribution in [1.29, 1.82) is 0 Å². The lowest BCUT2D eigenvalue weighted by Crippen LogP contribution is -2.41. The zero-order valence-corrected chi connectivity index (χ0v) is 14.8. The molecule has 0 saturated carbocycles. The van der Waals surface area contributed by atoms with Gasteiger partial charge in [-0.1, -0.05) is 12.1 Å². The van der Waals surface area contributed by atoms with Crippen molar-refractivity contribution in [2.24, 2.45) is 0 Å². The van der Waals surface area contributed by atoms with Crippen molar-refractivity contribution < 1.29 is 22.8 Å². The van der Waals surface area contributed by atoms with Crippen LogP contribution in [0.25, 0.3) is 11.3 Å². The van der Waals surface area contributed by atoms with Crippen LogP contribution in [0.1, 0.15) is 34.2 Å². The number of aryl methyl sites for hydroxylation is 3. The van der Waals surface area contributed by atoms with E-state index < -0.39 is 17.6 Å². The number of hydrogen-bond acceptors (Lipinski definition) is 5. The molecule has 2 aromatic heterocycles. The van der Waals surface area contributed by atoms with Crippen LogP contribution in [-0.4, -0.2) is 16.8 Å². The zero-order chi connectivity index (χ0) is 19.4. The Morgan fingerprint density at radius 3 is 2.63 bits per heavy atom. The second-order valence-electron chi connectivity index (χ2n) is 5.93. The van der Waals surface area contributed by atoms with Crippen molar-refractivity contribution in [1.82, 2.24) is 15.8 Å². The van der Waals surface area contributed by atoms with Gasteiger partial charge < -0.3 is 8.83 Å². The second-order valence-corrected chi connectivity index (χ2v) is 5.93. The fraction of sp³-hybridized carbons (Fsp3) is 0.211. The maximum Gasteiger partial charge on any atom is 0.273 e. The quantitative estimate of drug-likeness (QED) is 0.672. The normalized spacial score (nSPS) is 10.6. The van der Waals surface area contributed by atoms with Crippen molar-refractivity contribution in [2.75, 3.05) is 0 Å². The van der Waals surface area contributed by atoms with Gasteiger partial charge in [0, 0.05) is 12.8 Å². The highest BCUT2D eigenvalue weighted by atomic mass is 19.1. The summed E-state index contributed by atoms with van der Waals surface area (Å²) in [5.41, 5.74) is 5.32. The first kappa shape index (κ1) is 18.4. The molecular formula is C19H18FN3O4. The van der Waals surface area contributed by atoms with Crippen LogP contribution in [0.5, 0.6) is 0 Å². The average molecular weight is 371 g/mol. The van der Waals surface area contributed by atoms with Gasteiger partial charge in [-0.05, 0) is 32.0 Å². The highest BCUT2D eigenvalue weighted by molar-refractivity contribution is 5.96. The van der Waals surface area contributed by atoms with Crippen molar-refractivity contribution in [3.63, 3.8) is 0 Å². The molecule has 0 saturated heterocycles. The van der Waals surface area contributed by atoms with Gasteiger partial charge in [-0.3, -0.25) is 20.4 Å². The van der Waals surface area contributed by atoms with Gasteiger partial charge in [0.05, 0.1) is 17.3 Å². The Morgan fingerprint density at radius 2 is 1.93 bits per heavy atom. The van der Waals surface area contributed by atoms with Gasteiger partial charge in [0.25, 0.3) is 5.91 Å². The number of nitrogens with zero attached hydrogens (tertiary/aromatic N) is 1. The van der Waals surface area contributed by atoms with Crippen LogP contribution < -0.4 is 10.9 Å². The Kier molecular flexibility index (Phi) is 5.35. The molecule has 3 rings (SSSR count). The van der Waals surface area contributed by atoms with Gasteiger partial charge in [-0.15, -0.1) is 0 Å². The number of oxazole rings is 1. The molecule has 27 heavy (non-hydrogen) atoms. The van der Waals surface area contributed by atoms with Gasteiger partial charge in [0.1, 0.15) is 17.3 Å². The molecule has 0 aliphatic carbocycles. The predicted octanol–water partition coefficient (Wildman–Crippen LogP) is 3.08. The molecule has 0 atom stereocenters. The minimum Gasteiger partial charge on any atom is -0.466 e. The maximum absolute atomic E-state index is 13.7. The maximum atomic E-state index is 13.7. The second kappa shape index (κ2) is 7.86. The van der Waals surface area contributed by atoms with Crippen LogP contribution in [0.2, 0.25) is 0 Å². The summed E-state index contributed by atoms with van der Waals surface area (Å²) in [6.07, 6.45) is 1.67. The van der Waals surface area contributed by atoms with Crippen LogP contribution in [-0.2, 0) is 11.2 Å². The molecule has 0 fully saturated rings. The Balaban J connectivity index is 1.50. The molecule has 140 valence electrons. The summed E-state index contributed by atoms with van der Waals surface area (Å²) in [5.74, 6) is 0.393. The Morgan fingerprint density at radius 1 is 1.15 bits per heavy atom. The SMILES string of the molecule is Cc1cc(C(=O)NNC(=O)CCc2ncc(-c3ccccc3F)o2)c(C)o1. The summed E-state index contributed by atoms with van der Waals surface area (Å²) < 4.78 is 24.5. The van der Waals surface area contributed by atoms with E-state index in [9.17, 15) is 14.0 Å². The lowest BCUT2D eigenvalue weighted by molar-refractivity contribution is -0.121. The predicted molar refractivity (Wildman–Crippen MR) is 94.0 cm³/mol. The summed E-state index contributed by atoms with van der Waals surface area (Å²) >= 11 is 0. The number of halogens is 1. The number of carbonyl (C=O) groups excluding carboxylic acids is 2. The van der Waals surface area contributed by atoms with Crippen molar-refractivity contribution >= 4 is 11.8 Å². The molecule has 0 bridgehead atoms. The first-order valence-corrected chi connectivity index (χ1v) is 8.30. The van der Waals surface area contributed by atoms with E-state index in [1.807, 2.05) is 0 Å². The van der Waals surface area contributed by atoms with E-state index >= 15 is 0 Å². The molecule has 0 aliphatic heterocycles. The van der Waals surface area contributed by atoms with E-state index in [-0.39, 0.29) is 12.8 Å². The zero-order valence-electron chi connectivity index (χ0n) is 14.8. The van der Waals surface area contributed by atoms with E-state index in [0.29, 0.717) is 34.3 Å². The van der Waals surface area contributed by atoms with E-state index in [1.54, 1.807) is 38.1 Å². The summed E-state index contributed by atoms with van der Waals surface area (Å²) in [5, 5.41) is 0. The highest BCUT2D eigenvalue weighted by Gasteiger charge is 2.15. The molecule has 2 N–H and O–H groups in total. The minimum atomic E-state index is -0.462. The lowest BCUT2D eigenvalue weighted by Gasteiger charge is -2.05. The molecule has 8 heteroatoms. The minimum absolute atomic E-state index is 0.0426. The Labute approximate surface area is 154 Å². The fourth-order valence-electron chi connectivity index (χ4n) is 2.54. The smallest absolute Gasteiger partial charge is 0.273 e. The summed E-state index contributed by atoms with van der Waals surface area (Å²) in [7, 11) is 0. The van der Waals surface area contributed by atoms with E-state index in [1.165, 1.54) is 12.3 Å². The fourth-order valence-corrected chi connectivity index (χ4v) is 2.54. The molecular weight excluding hydrogens is 353 g/mol. The molecule has 0 radical (unpaired) electrons. The summed E-state index contributed by atoms with van der Waals surface area (Å²) in [4.78, 5) is 27.9. The number of hydrogen-bond donors (Lipinski definition) is 2. The molecule has 2 amide bonds. The monoisotopic (exact) mass is 371 g/mol. The van der Waals surface area contributed by atoms with Crippen molar-refractivity contribution in [3.05, 3.63) is 65.3 Å². The Bertz CT molecular complexity index is 977. The van der Waals surface area contributed by atoms with Crippen LogP contribution >= 0.6 is 0 Å². The largest absolute Gasteiger partial charge is 0.466 e. The van der Waals surface area contributed by atoms with Crippen LogP contribution in [0, 0.1) is 19.7 Å². The standard InChI is InChI=1S/C19H18FN3O4/c1-11-9-14(12(2)26-11)19(25)23-22-17(24)7-8-18-21-10-16(27-18)13-5-3-4-6-15(13)20/h3-6,9-10H,7-8H2,1-2H3,(H,22,24)(H,23,25). The van der Waals surface area contributed by atoms with Gasteiger partial charge in [0.15, 0.2) is 11.7 Å². The number of benzene rings is 1. The van der Waals surface area contributed by atoms with E-state index in [4.69, 9.17) is 8.83 Å². The van der Waals surface area contributed by atoms with E-state index in [2.05, 4.69) is 15.8 Å². The number of furan rings is 1. The van der Waals surface area contributed by atoms with Crippen LogP contribution in [0.3, 0.4) is 0 Å². The van der Waals surface area contributed by atoms with Gasteiger partial charge >= 0.3 is 0 Å². The summed E-state index contributed by atoms with van der Waals surface area (Å²) in [6, 6.07) is 7.78. The molecule has 0 spiro atoms. The molecule has 3 aromatic rings. The molecule has 0 aliphatic rings. The third kappa shape index (κ3) is 4.41. The van der Waals surface area contributed by atoms with Crippen molar-refractivity contribution in [3.8, 4) is 11.3 Å².